The molecule has 2 heteroatoms. The lowest BCUT2D eigenvalue weighted by atomic mass is 10.0. The summed E-state index contributed by atoms with van der Waals surface area (Å²) in [5.41, 5.74) is 5.87. The van der Waals surface area contributed by atoms with Gasteiger partial charge in [0.15, 0.2) is 0 Å². The average molecular weight is 263 g/mol. The van der Waals surface area contributed by atoms with Crippen molar-refractivity contribution in [1.82, 2.24) is 5.32 Å². The van der Waals surface area contributed by atoms with Crippen molar-refractivity contribution in [2.75, 3.05) is 13.1 Å². The molecule has 0 unspecified atom stereocenters. The van der Waals surface area contributed by atoms with E-state index in [9.17, 15) is 0 Å². The molecule has 1 N–H and O–H groups in total. The minimum atomic E-state index is 0.847. The molecule has 2 rings (SSSR count). The molecule has 1 aromatic carbocycles. The molecule has 0 aliphatic carbocycles. The highest BCUT2D eigenvalue weighted by Crippen LogP contribution is 2.28. The number of hydrogen-bond acceptors (Lipinski definition) is 2. The number of benzene rings is 1. The van der Waals surface area contributed by atoms with Crippen LogP contribution in [0.5, 0.6) is 0 Å². The van der Waals surface area contributed by atoms with Crippen molar-refractivity contribution in [2.24, 2.45) is 0 Å². The fourth-order valence-electron chi connectivity index (χ4n) is 2.79. The zero-order chi connectivity index (χ0) is 13.0. The third-order valence-corrected chi connectivity index (χ3v) is 5.22. The fourth-order valence-corrected chi connectivity index (χ4v) is 4.27. The topological polar surface area (TPSA) is 12.0 Å². The van der Waals surface area contributed by atoms with Crippen LogP contribution >= 0.6 is 11.8 Å². The number of aryl methyl sites for hydroxylation is 3. The first kappa shape index (κ1) is 14.0. The van der Waals surface area contributed by atoms with Crippen molar-refractivity contribution in [1.29, 1.82) is 0 Å². The highest BCUT2D eigenvalue weighted by atomic mass is 32.2. The van der Waals surface area contributed by atoms with Gasteiger partial charge in [0.05, 0.1) is 0 Å². The molecule has 0 spiro atoms. The lowest BCUT2D eigenvalue weighted by Gasteiger charge is -2.16. The highest BCUT2D eigenvalue weighted by Gasteiger charge is 2.13. The van der Waals surface area contributed by atoms with Gasteiger partial charge in [-0.3, -0.25) is 0 Å². The van der Waals surface area contributed by atoms with Crippen LogP contribution < -0.4 is 5.32 Å². The van der Waals surface area contributed by atoms with Gasteiger partial charge < -0.3 is 5.32 Å². The predicted molar refractivity (Wildman–Crippen MR) is 82.5 cm³/mol. The Labute approximate surface area is 116 Å². The van der Waals surface area contributed by atoms with Crippen molar-refractivity contribution in [3.8, 4) is 0 Å². The summed E-state index contributed by atoms with van der Waals surface area (Å²) < 4.78 is 0. The molecule has 18 heavy (non-hydrogen) atoms. The lowest BCUT2D eigenvalue weighted by Crippen LogP contribution is -2.14. The van der Waals surface area contributed by atoms with Gasteiger partial charge in [-0.2, -0.15) is 11.8 Å². The van der Waals surface area contributed by atoms with E-state index in [4.69, 9.17) is 0 Å². The maximum absolute atomic E-state index is 3.49. The van der Waals surface area contributed by atoms with E-state index in [1.807, 2.05) is 0 Å². The zero-order valence-corrected chi connectivity index (χ0v) is 12.7. The van der Waals surface area contributed by atoms with Crippen molar-refractivity contribution in [2.45, 2.75) is 51.0 Å². The highest BCUT2D eigenvalue weighted by molar-refractivity contribution is 7.99. The Morgan fingerprint density at radius 2 is 1.83 bits per heavy atom. The second kappa shape index (κ2) is 6.63. The standard InChI is InChI=1S/C16H25NS/c1-12-9-13(2)16(14(3)10-12)11-18-15-5-4-7-17-8-6-15/h9-10,15,17H,4-8,11H2,1-3H3/t15-/m1/s1. The van der Waals surface area contributed by atoms with E-state index in [2.05, 4.69) is 50.0 Å². The quantitative estimate of drug-likeness (QED) is 0.885. The first-order valence-electron chi connectivity index (χ1n) is 7.06. The van der Waals surface area contributed by atoms with E-state index in [1.165, 1.54) is 54.8 Å². The van der Waals surface area contributed by atoms with Crippen molar-refractivity contribution in [3.05, 3.63) is 34.4 Å². The van der Waals surface area contributed by atoms with Gasteiger partial charge in [-0.05, 0) is 69.8 Å². The summed E-state index contributed by atoms with van der Waals surface area (Å²) in [5, 5.41) is 4.34. The molecule has 0 radical (unpaired) electrons. The lowest BCUT2D eigenvalue weighted by molar-refractivity contribution is 0.703. The van der Waals surface area contributed by atoms with Crippen molar-refractivity contribution >= 4 is 11.8 Å². The minimum absolute atomic E-state index is 0.847. The Morgan fingerprint density at radius 1 is 1.11 bits per heavy atom. The predicted octanol–water partition coefficient (Wildman–Crippen LogP) is 3.99. The zero-order valence-electron chi connectivity index (χ0n) is 11.9. The SMILES string of the molecule is Cc1cc(C)c(CS[C@@H]2CCCNCC2)c(C)c1. The summed E-state index contributed by atoms with van der Waals surface area (Å²) in [6.45, 7) is 9.10. The van der Waals surface area contributed by atoms with E-state index < -0.39 is 0 Å². The van der Waals surface area contributed by atoms with Crippen LogP contribution in [-0.2, 0) is 5.75 Å². The number of rotatable bonds is 3. The third kappa shape index (κ3) is 3.76. The van der Waals surface area contributed by atoms with Crippen molar-refractivity contribution in [3.63, 3.8) is 0 Å². The Hall–Kier alpha value is -0.470. The molecule has 1 aromatic rings. The van der Waals surface area contributed by atoms with E-state index in [-0.39, 0.29) is 0 Å². The van der Waals surface area contributed by atoms with Crippen LogP contribution in [0, 0.1) is 20.8 Å². The van der Waals surface area contributed by atoms with Crippen LogP contribution in [-0.4, -0.2) is 18.3 Å². The summed E-state index contributed by atoms with van der Waals surface area (Å²) in [4.78, 5) is 0. The molecule has 0 bridgehead atoms. The Balaban J connectivity index is 1.97. The van der Waals surface area contributed by atoms with Gasteiger partial charge in [-0.1, -0.05) is 17.7 Å². The number of nitrogens with one attached hydrogen (secondary N) is 1. The molecule has 1 atom stereocenters. The molecule has 1 aliphatic heterocycles. The first-order valence-corrected chi connectivity index (χ1v) is 8.10. The summed E-state index contributed by atoms with van der Waals surface area (Å²) in [6, 6.07) is 4.63. The average Bonchev–Trinajstić information content (AvgIpc) is 2.56. The molecule has 1 heterocycles. The molecular formula is C16H25NS. The van der Waals surface area contributed by atoms with E-state index in [0.29, 0.717) is 0 Å². The van der Waals surface area contributed by atoms with Gasteiger partial charge in [0.1, 0.15) is 0 Å². The van der Waals surface area contributed by atoms with E-state index >= 15 is 0 Å². The maximum Gasteiger partial charge on any atom is 0.0192 e. The molecule has 0 aromatic heterocycles. The van der Waals surface area contributed by atoms with Gasteiger partial charge >= 0.3 is 0 Å². The molecule has 0 saturated carbocycles. The van der Waals surface area contributed by atoms with Gasteiger partial charge in [0, 0.05) is 11.0 Å². The van der Waals surface area contributed by atoms with Crippen LogP contribution in [0.1, 0.15) is 41.5 Å². The number of hydrogen-bond donors (Lipinski definition) is 1. The molecule has 100 valence electrons. The molecule has 1 nitrogen and oxygen atoms in total. The molecule has 0 amide bonds. The monoisotopic (exact) mass is 263 g/mol. The Bertz CT molecular complexity index is 369. The maximum atomic E-state index is 3.49. The molecule has 1 fully saturated rings. The van der Waals surface area contributed by atoms with E-state index in [0.717, 1.165) is 5.25 Å². The first-order chi connectivity index (χ1) is 8.66. The molecular weight excluding hydrogens is 238 g/mol. The van der Waals surface area contributed by atoms with Crippen LogP contribution in [0.2, 0.25) is 0 Å². The summed E-state index contributed by atoms with van der Waals surface area (Å²) >= 11 is 2.16. The smallest absolute Gasteiger partial charge is 0.0192 e. The normalized spacial score (nSPS) is 20.7. The van der Waals surface area contributed by atoms with Crippen LogP contribution in [0.25, 0.3) is 0 Å². The second-order valence-corrected chi connectivity index (χ2v) is 6.78. The van der Waals surface area contributed by atoms with E-state index in [1.54, 1.807) is 5.56 Å². The number of thioether (sulfide) groups is 1. The molecule has 1 saturated heterocycles. The Morgan fingerprint density at radius 3 is 2.56 bits per heavy atom. The summed E-state index contributed by atoms with van der Waals surface area (Å²) in [5.74, 6) is 1.18. The molecule has 1 aliphatic rings. The third-order valence-electron chi connectivity index (χ3n) is 3.83. The largest absolute Gasteiger partial charge is 0.317 e. The van der Waals surface area contributed by atoms with Gasteiger partial charge in [-0.15, -0.1) is 0 Å². The van der Waals surface area contributed by atoms with Crippen molar-refractivity contribution < 1.29 is 0 Å². The fraction of sp³-hybridized carbons (Fsp3) is 0.625. The Kier molecular flexibility index (Phi) is 5.13. The summed E-state index contributed by atoms with van der Waals surface area (Å²) in [6.07, 6.45) is 4.04. The van der Waals surface area contributed by atoms with Gasteiger partial charge in [0.2, 0.25) is 0 Å². The second-order valence-electron chi connectivity index (χ2n) is 5.49. The van der Waals surface area contributed by atoms with Crippen LogP contribution in [0.3, 0.4) is 0 Å². The summed E-state index contributed by atoms with van der Waals surface area (Å²) in [7, 11) is 0. The van der Waals surface area contributed by atoms with Gasteiger partial charge in [-0.25, -0.2) is 0 Å². The minimum Gasteiger partial charge on any atom is -0.317 e. The van der Waals surface area contributed by atoms with Crippen LogP contribution in [0.15, 0.2) is 12.1 Å². The van der Waals surface area contributed by atoms with Crippen LogP contribution in [0.4, 0.5) is 0 Å². The van der Waals surface area contributed by atoms with Gasteiger partial charge in [0.25, 0.3) is 0 Å².